The third kappa shape index (κ3) is 4.49. The molecule has 40 heavy (non-hydrogen) atoms. The van der Waals surface area contributed by atoms with Gasteiger partial charge in [-0.05, 0) is 76.3 Å². The first-order chi connectivity index (χ1) is 18.8. The van der Waals surface area contributed by atoms with Gasteiger partial charge in [0.15, 0.2) is 12.0 Å². The van der Waals surface area contributed by atoms with Gasteiger partial charge in [-0.15, -0.1) is 0 Å². The fourth-order valence-corrected chi connectivity index (χ4v) is 6.41. The van der Waals surface area contributed by atoms with Gasteiger partial charge in [0, 0.05) is 19.3 Å². The van der Waals surface area contributed by atoms with Gasteiger partial charge in [-0.25, -0.2) is 14.8 Å². The second kappa shape index (κ2) is 9.27. The first kappa shape index (κ1) is 27.2. The predicted molar refractivity (Wildman–Crippen MR) is 151 cm³/mol. The molecule has 3 aliphatic rings. The van der Waals surface area contributed by atoms with E-state index < -0.39 is 35.4 Å². The summed E-state index contributed by atoms with van der Waals surface area (Å²) in [6.45, 7) is 17.0. The lowest BCUT2D eigenvalue weighted by molar-refractivity contribution is -0.202. The summed E-state index contributed by atoms with van der Waals surface area (Å²) in [6.07, 6.45) is 2.19. The molecule has 2 fully saturated rings. The highest BCUT2D eigenvalue weighted by molar-refractivity contribution is 6.33. The summed E-state index contributed by atoms with van der Waals surface area (Å²) in [5, 5.41) is 1.11. The zero-order chi connectivity index (χ0) is 28.6. The van der Waals surface area contributed by atoms with Gasteiger partial charge >= 0.3 is 6.09 Å². The van der Waals surface area contributed by atoms with Gasteiger partial charge in [0.25, 0.3) is 0 Å². The van der Waals surface area contributed by atoms with Crippen LogP contribution in [0, 0.1) is 0 Å². The number of carbonyl (C=O) groups is 1. The topological polar surface area (TPSA) is 87.9 Å². The second-order valence-corrected chi connectivity index (χ2v) is 12.7. The molecular formula is C30H35ClN4O5. The van der Waals surface area contributed by atoms with Gasteiger partial charge < -0.3 is 28.4 Å². The normalized spacial score (nSPS) is 27.5. The highest BCUT2D eigenvalue weighted by atomic mass is 35.5. The zero-order valence-electron chi connectivity index (χ0n) is 23.7. The van der Waals surface area contributed by atoms with E-state index in [0.717, 1.165) is 28.5 Å². The fourth-order valence-electron chi connectivity index (χ4n) is 6.21. The van der Waals surface area contributed by atoms with Crippen LogP contribution in [0.25, 0.3) is 16.6 Å². The van der Waals surface area contributed by atoms with Crippen LogP contribution in [0.15, 0.2) is 43.4 Å². The summed E-state index contributed by atoms with van der Waals surface area (Å²) in [6, 6.07) is 8.05. The molecule has 1 aromatic carbocycles. The predicted octanol–water partition coefficient (Wildman–Crippen LogP) is 5.90. The summed E-state index contributed by atoms with van der Waals surface area (Å²) in [7, 11) is 0. The average molecular weight is 567 g/mol. The molecule has 6 rings (SSSR count). The van der Waals surface area contributed by atoms with Crippen molar-refractivity contribution in [2.24, 2.45) is 0 Å². The second-order valence-electron chi connectivity index (χ2n) is 12.4. The molecule has 1 amide bonds. The van der Waals surface area contributed by atoms with Gasteiger partial charge in [0.1, 0.15) is 40.5 Å². The van der Waals surface area contributed by atoms with Crippen LogP contribution in [0.2, 0.25) is 5.15 Å². The minimum Gasteiger partial charge on any atom is -0.444 e. The van der Waals surface area contributed by atoms with E-state index in [1.54, 1.807) is 4.90 Å². The maximum absolute atomic E-state index is 12.9. The number of aromatic nitrogens is 3. The van der Waals surface area contributed by atoms with Crippen molar-refractivity contribution in [2.45, 2.75) is 89.9 Å². The van der Waals surface area contributed by atoms with E-state index >= 15 is 0 Å². The van der Waals surface area contributed by atoms with Crippen molar-refractivity contribution >= 4 is 34.3 Å². The molecule has 0 saturated carbocycles. The quantitative estimate of drug-likeness (QED) is 0.365. The van der Waals surface area contributed by atoms with Crippen LogP contribution < -0.4 is 0 Å². The van der Waals surface area contributed by atoms with Crippen LogP contribution in [-0.4, -0.2) is 61.3 Å². The number of amides is 1. The molecule has 3 aromatic rings. The summed E-state index contributed by atoms with van der Waals surface area (Å²) in [5.41, 5.74) is 3.16. The molecule has 3 aliphatic heterocycles. The molecule has 0 radical (unpaired) electrons. The minimum absolute atomic E-state index is 0.322. The van der Waals surface area contributed by atoms with E-state index in [1.807, 2.05) is 70.5 Å². The smallest absolute Gasteiger partial charge is 0.410 e. The molecule has 212 valence electrons. The highest BCUT2D eigenvalue weighted by Gasteiger charge is 2.64. The van der Waals surface area contributed by atoms with E-state index in [4.69, 9.17) is 30.5 Å². The van der Waals surface area contributed by atoms with Crippen LogP contribution in [0.1, 0.15) is 64.5 Å². The van der Waals surface area contributed by atoms with Gasteiger partial charge in [0.2, 0.25) is 0 Å². The number of hydrogen-bond acceptors (Lipinski definition) is 7. The number of halogens is 1. The lowest BCUT2D eigenvalue weighted by Gasteiger charge is -2.34. The number of rotatable bonds is 3. The van der Waals surface area contributed by atoms with Gasteiger partial charge in [-0.1, -0.05) is 36.4 Å². The lowest BCUT2D eigenvalue weighted by Crippen LogP contribution is -2.44. The molecule has 0 spiro atoms. The van der Waals surface area contributed by atoms with Crippen LogP contribution in [0.3, 0.4) is 0 Å². The molecule has 0 N–H and O–H groups in total. The Morgan fingerprint density at radius 2 is 1.98 bits per heavy atom. The number of benzene rings is 1. The molecule has 0 bridgehead atoms. The van der Waals surface area contributed by atoms with Crippen LogP contribution in [0.4, 0.5) is 4.79 Å². The maximum Gasteiger partial charge on any atom is 0.410 e. The maximum atomic E-state index is 12.9. The third-order valence-electron chi connectivity index (χ3n) is 7.82. The third-order valence-corrected chi connectivity index (χ3v) is 8.12. The SMILES string of the molecule is C=C(c1cccc2c1CN(C(=O)OC(C)(C)C)CC2)[C@H]1O[C@@H](n2ccc3c(Cl)ncnc32)[C@@H]2OC(C)(C)O[C@]12C. The highest BCUT2D eigenvalue weighted by Crippen LogP contribution is 2.54. The monoisotopic (exact) mass is 566 g/mol. The Labute approximate surface area is 239 Å². The van der Waals surface area contributed by atoms with Crippen molar-refractivity contribution in [2.75, 3.05) is 6.54 Å². The Balaban J connectivity index is 1.36. The number of nitrogens with zero attached hydrogens (tertiary/aromatic N) is 4. The molecule has 9 nitrogen and oxygen atoms in total. The van der Waals surface area contributed by atoms with Crippen LogP contribution in [0.5, 0.6) is 0 Å². The largest absolute Gasteiger partial charge is 0.444 e. The summed E-state index contributed by atoms with van der Waals surface area (Å²) in [5.74, 6) is -0.834. The van der Waals surface area contributed by atoms with Gasteiger partial charge in [-0.3, -0.25) is 0 Å². The Hall–Kier alpha value is -2.98. The number of hydrogen-bond donors (Lipinski definition) is 0. The van der Waals surface area contributed by atoms with Crippen molar-refractivity contribution < 1.29 is 23.7 Å². The van der Waals surface area contributed by atoms with E-state index in [9.17, 15) is 4.79 Å². The molecule has 2 aromatic heterocycles. The first-order valence-electron chi connectivity index (χ1n) is 13.6. The van der Waals surface area contributed by atoms with E-state index in [-0.39, 0.29) is 6.09 Å². The molecule has 0 unspecified atom stereocenters. The van der Waals surface area contributed by atoms with Crippen molar-refractivity contribution in [3.63, 3.8) is 0 Å². The minimum atomic E-state index is -0.846. The fraction of sp³-hybridized carbons (Fsp3) is 0.500. The summed E-state index contributed by atoms with van der Waals surface area (Å²) >= 11 is 6.34. The first-order valence-corrected chi connectivity index (χ1v) is 13.9. The standard InChI is InChI=1S/C30H35ClN4O5/c1-17(19-10-8-9-18-11-13-34(15-21(18)19)27(36)39-28(2,3)4)22-30(7)23(38-29(5,6)40-30)26(37-22)35-14-12-20-24(31)32-16-33-25(20)35/h8-10,12,14,16,22-23,26H,1,11,13,15H2,2-7H3/t22-,23+,26-,30-/m1/s1. The summed E-state index contributed by atoms with van der Waals surface area (Å²) < 4.78 is 27.4. The van der Waals surface area contributed by atoms with Crippen LogP contribution in [-0.2, 0) is 31.9 Å². The van der Waals surface area contributed by atoms with E-state index in [0.29, 0.717) is 23.9 Å². The Bertz CT molecular complexity index is 1510. The molecule has 2 saturated heterocycles. The number of carbonyl (C=O) groups excluding carboxylic acids is 1. The van der Waals surface area contributed by atoms with Crippen LogP contribution >= 0.6 is 11.6 Å². The van der Waals surface area contributed by atoms with Crippen molar-refractivity contribution in [3.05, 3.63) is 65.2 Å². The van der Waals surface area contributed by atoms with Gasteiger partial charge in [-0.2, -0.15) is 0 Å². The van der Waals surface area contributed by atoms with Crippen molar-refractivity contribution in [1.82, 2.24) is 19.4 Å². The Morgan fingerprint density at radius 3 is 2.73 bits per heavy atom. The van der Waals surface area contributed by atoms with Crippen molar-refractivity contribution in [3.8, 4) is 0 Å². The van der Waals surface area contributed by atoms with Crippen molar-refractivity contribution in [1.29, 1.82) is 0 Å². The lowest BCUT2D eigenvalue weighted by atomic mass is 9.83. The summed E-state index contributed by atoms with van der Waals surface area (Å²) in [4.78, 5) is 23.3. The zero-order valence-corrected chi connectivity index (χ0v) is 24.5. The van der Waals surface area contributed by atoms with Gasteiger partial charge in [0.05, 0.1) is 5.39 Å². The Kier molecular flexibility index (Phi) is 6.31. The van der Waals surface area contributed by atoms with E-state index in [2.05, 4.69) is 22.6 Å². The molecule has 4 atom stereocenters. The van der Waals surface area contributed by atoms with E-state index in [1.165, 1.54) is 11.9 Å². The average Bonchev–Trinajstić information content (AvgIpc) is 3.49. The number of fused-ring (bicyclic) bond motifs is 3. The number of ether oxygens (including phenoxy) is 4. The molecular weight excluding hydrogens is 532 g/mol. The molecule has 5 heterocycles. The molecule has 10 heteroatoms. The molecule has 0 aliphatic carbocycles. The Morgan fingerprint density at radius 1 is 1.20 bits per heavy atom.